The highest BCUT2D eigenvalue weighted by atomic mass is 19.1. The molecule has 2 aromatic carbocycles. The Kier molecular flexibility index (Phi) is 5.95. The van der Waals surface area contributed by atoms with Gasteiger partial charge >= 0.3 is 0 Å². The van der Waals surface area contributed by atoms with E-state index >= 15 is 0 Å². The minimum Gasteiger partial charge on any atom is -0.497 e. The zero-order valence-electron chi connectivity index (χ0n) is 13.9. The second-order valence-electron chi connectivity index (χ2n) is 5.23. The molecule has 0 heterocycles. The molecule has 126 valence electrons. The Hall–Kier alpha value is -2.82. The maximum Gasteiger partial charge on any atom is 0.244 e. The molecule has 0 fully saturated rings. The van der Waals surface area contributed by atoms with E-state index in [2.05, 4.69) is 5.32 Å². The molecule has 1 N–H and O–H groups in total. The van der Waals surface area contributed by atoms with Crippen LogP contribution in [0.4, 0.5) is 4.39 Å². The van der Waals surface area contributed by atoms with Crippen LogP contribution in [0.15, 0.2) is 48.5 Å². The van der Waals surface area contributed by atoms with Gasteiger partial charge in [0, 0.05) is 6.08 Å². The van der Waals surface area contributed by atoms with Crippen LogP contribution < -0.4 is 14.8 Å². The topological polar surface area (TPSA) is 47.6 Å². The quantitative estimate of drug-likeness (QED) is 0.822. The van der Waals surface area contributed by atoms with E-state index in [1.807, 2.05) is 24.3 Å². The van der Waals surface area contributed by atoms with Crippen molar-refractivity contribution in [2.24, 2.45) is 0 Å². The third kappa shape index (κ3) is 4.59. The number of benzene rings is 2. The lowest BCUT2D eigenvalue weighted by Crippen LogP contribution is -2.24. The first kappa shape index (κ1) is 17.5. The van der Waals surface area contributed by atoms with Gasteiger partial charge in [-0.15, -0.1) is 0 Å². The summed E-state index contributed by atoms with van der Waals surface area (Å²) in [5.41, 5.74) is 1.55. The third-order valence-electron chi connectivity index (χ3n) is 3.58. The van der Waals surface area contributed by atoms with Gasteiger partial charge in [0.15, 0.2) is 11.6 Å². The van der Waals surface area contributed by atoms with E-state index in [0.29, 0.717) is 5.56 Å². The van der Waals surface area contributed by atoms with Crippen molar-refractivity contribution in [3.05, 3.63) is 65.5 Å². The molecule has 1 amide bonds. The van der Waals surface area contributed by atoms with E-state index in [-0.39, 0.29) is 17.7 Å². The van der Waals surface area contributed by atoms with Gasteiger partial charge in [-0.05, 0) is 48.4 Å². The van der Waals surface area contributed by atoms with Crippen LogP contribution in [-0.2, 0) is 4.79 Å². The zero-order valence-corrected chi connectivity index (χ0v) is 13.9. The number of nitrogens with one attached hydrogen (secondary N) is 1. The average Bonchev–Trinajstić information content (AvgIpc) is 2.60. The van der Waals surface area contributed by atoms with E-state index in [1.165, 1.54) is 19.3 Å². The van der Waals surface area contributed by atoms with Crippen LogP contribution in [0, 0.1) is 5.82 Å². The van der Waals surface area contributed by atoms with Crippen LogP contribution in [0.3, 0.4) is 0 Å². The Morgan fingerprint density at radius 3 is 2.42 bits per heavy atom. The van der Waals surface area contributed by atoms with E-state index in [1.54, 1.807) is 32.2 Å². The van der Waals surface area contributed by atoms with E-state index < -0.39 is 5.82 Å². The van der Waals surface area contributed by atoms with E-state index in [4.69, 9.17) is 9.47 Å². The molecule has 0 aliphatic heterocycles. The first-order chi connectivity index (χ1) is 11.5. The van der Waals surface area contributed by atoms with Crippen LogP contribution in [-0.4, -0.2) is 20.1 Å². The lowest BCUT2D eigenvalue weighted by molar-refractivity contribution is -0.117. The molecule has 0 bridgehead atoms. The van der Waals surface area contributed by atoms with Crippen LogP contribution in [0.2, 0.25) is 0 Å². The molecule has 2 rings (SSSR count). The molecule has 2 aromatic rings. The molecule has 0 unspecified atom stereocenters. The van der Waals surface area contributed by atoms with Crippen molar-refractivity contribution >= 4 is 12.0 Å². The number of amides is 1. The first-order valence-corrected chi connectivity index (χ1v) is 7.49. The Labute approximate surface area is 140 Å². The number of hydrogen-bond donors (Lipinski definition) is 1. The van der Waals surface area contributed by atoms with E-state index in [0.717, 1.165) is 11.3 Å². The molecule has 4 nitrogen and oxygen atoms in total. The molecule has 0 aliphatic rings. The maximum atomic E-state index is 13.7. The zero-order chi connectivity index (χ0) is 17.5. The lowest BCUT2D eigenvalue weighted by atomic mass is 10.1. The SMILES string of the molecule is COc1ccc(/C=C/C(=O)N[C@@H](C)c2ccc(OC)c(F)c2)cc1. The highest BCUT2D eigenvalue weighted by molar-refractivity contribution is 5.92. The Balaban J connectivity index is 1.97. The smallest absolute Gasteiger partial charge is 0.244 e. The third-order valence-corrected chi connectivity index (χ3v) is 3.58. The number of halogens is 1. The summed E-state index contributed by atoms with van der Waals surface area (Å²) in [7, 11) is 3.01. The van der Waals surface area contributed by atoms with Crippen molar-refractivity contribution < 1.29 is 18.7 Å². The molecule has 0 saturated heterocycles. The van der Waals surface area contributed by atoms with Gasteiger partial charge in [-0.25, -0.2) is 4.39 Å². The van der Waals surface area contributed by atoms with Gasteiger partial charge in [0.05, 0.1) is 20.3 Å². The number of ether oxygens (including phenoxy) is 2. The summed E-state index contributed by atoms with van der Waals surface area (Å²) in [6.07, 6.45) is 3.15. The molecular weight excluding hydrogens is 309 g/mol. The minimum absolute atomic E-state index is 0.177. The standard InChI is InChI=1S/C19H20FNO3/c1-13(15-7-10-18(24-3)17(20)12-15)21-19(22)11-6-14-4-8-16(23-2)9-5-14/h4-13H,1-3H3,(H,21,22)/b11-6+/t13-/m0/s1. The molecule has 1 atom stereocenters. The van der Waals surface area contributed by atoms with Crippen LogP contribution in [0.1, 0.15) is 24.1 Å². The van der Waals surface area contributed by atoms with Crippen LogP contribution >= 0.6 is 0 Å². The Morgan fingerprint density at radius 1 is 1.12 bits per heavy atom. The number of carbonyl (C=O) groups is 1. The van der Waals surface area contributed by atoms with Crippen LogP contribution in [0.5, 0.6) is 11.5 Å². The lowest BCUT2D eigenvalue weighted by Gasteiger charge is -2.14. The largest absolute Gasteiger partial charge is 0.497 e. The summed E-state index contributed by atoms with van der Waals surface area (Å²) in [6, 6.07) is 11.6. The molecule has 0 aromatic heterocycles. The monoisotopic (exact) mass is 329 g/mol. The van der Waals surface area contributed by atoms with Crippen molar-refractivity contribution in [2.75, 3.05) is 14.2 Å². The summed E-state index contributed by atoms with van der Waals surface area (Å²) >= 11 is 0. The fourth-order valence-corrected chi connectivity index (χ4v) is 2.18. The minimum atomic E-state index is -0.454. The normalized spacial score (nSPS) is 12.0. The van der Waals surface area contributed by atoms with Gasteiger partial charge in [-0.3, -0.25) is 4.79 Å². The van der Waals surface area contributed by atoms with Crippen molar-refractivity contribution in [1.82, 2.24) is 5.32 Å². The summed E-state index contributed by atoms with van der Waals surface area (Å²) in [6.45, 7) is 1.79. The highest BCUT2D eigenvalue weighted by Crippen LogP contribution is 2.21. The number of methoxy groups -OCH3 is 2. The summed E-state index contributed by atoms with van der Waals surface area (Å²) < 4.78 is 23.7. The number of rotatable bonds is 6. The second kappa shape index (κ2) is 8.15. The van der Waals surface area contributed by atoms with Gasteiger partial charge < -0.3 is 14.8 Å². The van der Waals surface area contributed by atoms with Crippen molar-refractivity contribution in [3.8, 4) is 11.5 Å². The predicted octanol–water partition coefficient (Wildman–Crippen LogP) is 3.73. The highest BCUT2D eigenvalue weighted by Gasteiger charge is 2.11. The summed E-state index contributed by atoms with van der Waals surface area (Å²) in [4.78, 5) is 12.0. The summed E-state index contributed by atoms with van der Waals surface area (Å²) in [5.74, 6) is 0.225. The molecule has 0 radical (unpaired) electrons. The van der Waals surface area contributed by atoms with Gasteiger partial charge in [-0.1, -0.05) is 18.2 Å². The van der Waals surface area contributed by atoms with E-state index in [9.17, 15) is 9.18 Å². The molecule has 0 aliphatic carbocycles. The van der Waals surface area contributed by atoms with Crippen molar-refractivity contribution in [1.29, 1.82) is 0 Å². The predicted molar refractivity (Wildman–Crippen MR) is 91.5 cm³/mol. The van der Waals surface area contributed by atoms with Gasteiger partial charge in [0.1, 0.15) is 5.75 Å². The molecule has 5 heteroatoms. The van der Waals surface area contributed by atoms with Crippen molar-refractivity contribution in [2.45, 2.75) is 13.0 Å². The van der Waals surface area contributed by atoms with Crippen LogP contribution in [0.25, 0.3) is 6.08 Å². The fraction of sp³-hybridized carbons (Fsp3) is 0.211. The maximum absolute atomic E-state index is 13.7. The first-order valence-electron chi connectivity index (χ1n) is 7.49. The summed E-state index contributed by atoms with van der Waals surface area (Å²) in [5, 5.41) is 2.80. The molecule has 0 saturated carbocycles. The van der Waals surface area contributed by atoms with Gasteiger partial charge in [0.2, 0.25) is 5.91 Å². The van der Waals surface area contributed by atoms with Gasteiger partial charge in [0.25, 0.3) is 0 Å². The molecular formula is C19H20FNO3. The Bertz CT molecular complexity index is 726. The molecule has 0 spiro atoms. The Morgan fingerprint density at radius 2 is 1.83 bits per heavy atom. The number of carbonyl (C=O) groups excluding carboxylic acids is 1. The number of hydrogen-bond acceptors (Lipinski definition) is 3. The van der Waals surface area contributed by atoms with Gasteiger partial charge in [-0.2, -0.15) is 0 Å². The fourth-order valence-electron chi connectivity index (χ4n) is 2.18. The molecule has 24 heavy (non-hydrogen) atoms. The van der Waals surface area contributed by atoms with Crippen molar-refractivity contribution in [3.63, 3.8) is 0 Å². The average molecular weight is 329 g/mol. The second-order valence-corrected chi connectivity index (χ2v) is 5.23.